The van der Waals surface area contributed by atoms with Crippen LogP contribution in [0.25, 0.3) is 0 Å². The summed E-state index contributed by atoms with van der Waals surface area (Å²) in [5, 5.41) is 0. The van der Waals surface area contributed by atoms with Crippen LogP contribution in [-0.4, -0.2) is 35.0 Å². The molecule has 4 nitrogen and oxygen atoms in total. The molecule has 0 aliphatic carbocycles. The van der Waals surface area contributed by atoms with E-state index in [-0.39, 0.29) is 12.0 Å². The highest BCUT2D eigenvalue weighted by atomic mass is 79.9. The lowest BCUT2D eigenvalue weighted by molar-refractivity contribution is 0.0776. The molecule has 0 spiro atoms. The molecule has 1 saturated heterocycles. The Balaban J connectivity index is 1.60. The van der Waals surface area contributed by atoms with Crippen LogP contribution in [0.4, 0.5) is 0 Å². The number of hydrogen-bond donors (Lipinski definition) is 0. The Hall–Kier alpha value is -1.11. The number of aromatic nitrogens is 1. The fourth-order valence-electron chi connectivity index (χ4n) is 2.20. The minimum atomic E-state index is -0.0157. The SMILES string of the molecule is O=C(c1ccc(Cl)s1)N1CCC(Oc2ccc(Br)cn2)C1. The maximum atomic E-state index is 12.3. The summed E-state index contributed by atoms with van der Waals surface area (Å²) >= 11 is 10.5. The Morgan fingerprint density at radius 2 is 2.29 bits per heavy atom. The first-order valence-electron chi connectivity index (χ1n) is 6.44. The lowest BCUT2D eigenvalue weighted by atomic mass is 10.3. The minimum Gasteiger partial charge on any atom is -0.472 e. The van der Waals surface area contributed by atoms with E-state index in [0.717, 1.165) is 10.9 Å². The van der Waals surface area contributed by atoms with E-state index in [0.29, 0.717) is 28.2 Å². The molecular formula is C14H12BrClN2O2S. The number of carbonyl (C=O) groups excluding carboxylic acids is 1. The molecule has 3 heterocycles. The molecule has 1 amide bonds. The number of halogens is 2. The molecule has 1 unspecified atom stereocenters. The molecule has 3 rings (SSSR count). The molecule has 0 aromatic carbocycles. The number of amides is 1. The number of nitrogens with zero attached hydrogens (tertiary/aromatic N) is 2. The second-order valence-electron chi connectivity index (χ2n) is 4.70. The molecule has 21 heavy (non-hydrogen) atoms. The van der Waals surface area contributed by atoms with Gasteiger partial charge >= 0.3 is 0 Å². The topological polar surface area (TPSA) is 42.4 Å². The van der Waals surface area contributed by atoms with Crippen LogP contribution in [0, 0.1) is 0 Å². The number of likely N-dealkylation sites (tertiary alicyclic amines) is 1. The fraction of sp³-hybridized carbons (Fsp3) is 0.286. The highest BCUT2D eigenvalue weighted by molar-refractivity contribution is 9.10. The normalized spacial score (nSPS) is 18.0. The van der Waals surface area contributed by atoms with Crippen molar-refractivity contribution in [2.24, 2.45) is 0 Å². The van der Waals surface area contributed by atoms with Crippen molar-refractivity contribution in [3.63, 3.8) is 0 Å². The second-order valence-corrected chi connectivity index (χ2v) is 7.33. The molecular weight excluding hydrogens is 376 g/mol. The molecule has 0 bridgehead atoms. The molecule has 1 aliphatic heterocycles. The summed E-state index contributed by atoms with van der Waals surface area (Å²) in [4.78, 5) is 19.0. The van der Waals surface area contributed by atoms with Crippen molar-refractivity contribution in [1.82, 2.24) is 9.88 Å². The molecule has 1 fully saturated rings. The van der Waals surface area contributed by atoms with Gasteiger partial charge < -0.3 is 9.64 Å². The van der Waals surface area contributed by atoms with Crippen molar-refractivity contribution in [2.75, 3.05) is 13.1 Å². The summed E-state index contributed by atoms with van der Waals surface area (Å²) in [7, 11) is 0. The third-order valence-corrected chi connectivity index (χ3v) is 4.89. The summed E-state index contributed by atoms with van der Waals surface area (Å²) in [5.74, 6) is 0.596. The minimum absolute atomic E-state index is 0.0155. The van der Waals surface area contributed by atoms with Gasteiger partial charge in [0.1, 0.15) is 6.10 Å². The average Bonchev–Trinajstić information content (AvgIpc) is 3.10. The second kappa shape index (κ2) is 6.34. The first kappa shape index (κ1) is 14.8. The van der Waals surface area contributed by atoms with Gasteiger partial charge in [-0.15, -0.1) is 11.3 Å². The predicted molar refractivity (Wildman–Crippen MR) is 86.2 cm³/mol. The van der Waals surface area contributed by atoms with E-state index in [2.05, 4.69) is 20.9 Å². The molecule has 2 aromatic heterocycles. The van der Waals surface area contributed by atoms with Crippen LogP contribution in [0.1, 0.15) is 16.1 Å². The van der Waals surface area contributed by atoms with Gasteiger partial charge in [0, 0.05) is 29.7 Å². The quantitative estimate of drug-likeness (QED) is 0.803. The summed E-state index contributed by atoms with van der Waals surface area (Å²) < 4.78 is 7.34. The lowest BCUT2D eigenvalue weighted by Gasteiger charge is -2.16. The van der Waals surface area contributed by atoms with E-state index in [4.69, 9.17) is 16.3 Å². The monoisotopic (exact) mass is 386 g/mol. The molecule has 0 radical (unpaired) electrons. The van der Waals surface area contributed by atoms with Gasteiger partial charge in [-0.2, -0.15) is 0 Å². The molecule has 0 saturated carbocycles. The molecule has 1 aliphatic rings. The van der Waals surface area contributed by atoms with Crippen molar-refractivity contribution in [3.8, 4) is 5.88 Å². The molecule has 7 heteroatoms. The highest BCUT2D eigenvalue weighted by Gasteiger charge is 2.29. The van der Waals surface area contributed by atoms with Crippen LogP contribution in [0.5, 0.6) is 5.88 Å². The van der Waals surface area contributed by atoms with Crippen LogP contribution in [0.2, 0.25) is 4.34 Å². The molecule has 1 atom stereocenters. The van der Waals surface area contributed by atoms with Gasteiger partial charge in [-0.05, 0) is 34.1 Å². The Kier molecular flexibility index (Phi) is 4.47. The van der Waals surface area contributed by atoms with E-state index < -0.39 is 0 Å². The van der Waals surface area contributed by atoms with E-state index in [1.54, 1.807) is 23.2 Å². The van der Waals surface area contributed by atoms with Crippen LogP contribution in [0.15, 0.2) is 34.9 Å². The smallest absolute Gasteiger partial charge is 0.264 e. The number of thiophene rings is 1. The molecule has 2 aromatic rings. The van der Waals surface area contributed by atoms with Crippen molar-refractivity contribution < 1.29 is 9.53 Å². The van der Waals surface area contributed by atoms with Crippen molar-refractivity contribution >= 4 is 44.8 Å². The summed E-state index contributed by atoms with van der Waals surface area (Å²) in [6.07, 6.45) is 2.49. The lowest BCUT2D eigenvalue weighted by Crippen LogP contribution is -2.30. The van der Waals surface area contributed by atoms with Gasteiger partial charge in [0.2, 0.25) is 5.88 Å². The van der Waals surface area contributed by atoms with E-state index >= 15 is 0 Å². The van der Waals surface area contributed by atoms with Crippen LogP contribution >= 0.6 is 38.9 Å². The van der Waals surface area contributed by atoms with E-state index in [1.807, 2.05) is 12.1 Å². The Morgan fingerprint density at radius 1 is 1.43 bits per heavy atom. The third-order valence-electron chi connectivity index (χ3n) is 3.20. The number of ether oxygens (including phenoxy) is 1. The maximum Gasteiger partial charge on any atom is 0.264 e. The highest BCUT2D eigenvalue weighted by Crippen LogP contribution is 2.25. The summed E-state index contributed by atoms with van der Waals surface area (Å²) in [6, 6.07) is 7.20. The van der Waals surface area contributed by atoms with Crippen LogP contribution in [0.3, 0.4) is 0 Å². The first-order chi connectivity index (χ1) is 10.1. The largest absolute Gasteiger partial charge is 0.472 e. The number of hydrogen-bond acceptors (Lipinski definition) is 4. The van der Waals surface area contributed by atoms with Gasteiger partial charge in [0.25, 0.3) is 5.91 Å². The number of pyridine rings is 1. The van der Waals surface area contributed by atoms with Gasteiger partial charge in [-0.25, -0.2) is 4.98 Å². The van der Waals surface area contributed by atoms with E-state index in [9.17, 15) is 4.79 Å². The first-order valence-corrected chi connectivity index (χ1v) is 8.43. The van der Waals surface area contributed by atoms with Gasteiger partial charge in [-0.3, -0.25) is 4.79 Å². The third kappa shape index (κ3) is 3.56. The number of rotatable bonds is 3. The fourth-order valence-corrected chi connectivity index (χ4v) is 3.44. The average molecular weight is 388 g/mol. The Labute approximate surface area is 139 Å². The summed E-state index contributed by atoms with van der Waals surface area (Å²) in [6.45, 7) is 1.27. The van der Waals surface area contributed by atoms with E-state index in [1.165, 1.54) is 11.3 Å². The molecule has 110 valence electrons. The zero-order valence-electron chi connectivity index (χ0n) is 11.0. The Bertz CT molecular complexity index is 647. The zero-order valence-corrected chi connectivity index (χ0v) is 14.1. The summed E-state index contributed by atoms with van der Waals surface area (Å²) in [5.41, 5.74) is 0. The van der Waals surface area contributed by atoms with Crippen molar-refractivity contribution in [3.05, 3.63) is 44.1 Å². The zero-order chi connectivity index (χ0) is 14.8. The van der Waals surface area contributed by atoms with Gasteiger partial charge in [0.15, 0.2) is 0 Å². The Morgan fingerprint density at radius 3 is 2.95 bits per heavy atom. The standard InChI is InChI=1S/C14H12BrClN2O2S/c15-9-1-4-13(17-7-9)20-10-5-6-18(8-10)14(19)11-2-3-12(16)21-11/h1-4,7,10H,5-6,8H2. The predicted octanol–water partition coefficient (Wildman–Crippen LogP) is 3.85. The van der Waals surface area contributed by atoms with Crippen LogP contribution in [-0.2, 0) is 0 Å². The van der Waals surface area contributed by atoms with Crippen LogP contribution < -0.4 is 4.74 Å². The molecule has 0 N–H and O–H groups in total. The number of carbonyl (C=O) groups is 1. The van der Waals surface area contributed by atoms with Gasteiger partial charge in [-0.1, -0.05) is 11.6 Å². The van der Waals surface area contributed by atoms with Gasteiger partial charge in [0.05, 0.1) is 15.8 Å². The van der Waals surface area contributed by atoms with Crippen molar-refractivity contribution in [2.45, 2.75) is 12.5 Å². The van der Waals surface area contributed by atoms with Crippen molar-refractivity contribution in [1.29, 1.82) is 0 Å². The maximum absolute atomic E-state index is 12.3.